The molecule has 0 atom stereocenters. The number of pyridine rings is 1. The largest absolute Gasteiger partial charge is 0.375 e. The number of amides is 1. The van der Waals surface area contributed by atoms with Gasteiger partial charge in [-0.2, -0.15) is 0 Å². The molecule has 1 amide bonds. The van der Waals surface area contributed by atoms with Crippen LogP contribution >= 0.6 is 0 Å². The number of hydrogen-bond donors (Lipinski definition) is 1. The second-order valence-electron chi connectivity index (χ2n) is 10.4. The third kappa shape index (κ3) is 5.65. The Balaban J connectivity index is 1.51. The van der Waals surface area contributed by atoms with E-state index in [1.807, 2.05) is 55.2 Å². The number of nitrogens with one attached hydrogen (secondary N) is 1. The molecular weight excluding hydrogens is 438 g/mol. The van der Waals surface area contributed by atoms with Gasteiger partial charge in [-0.3, -0.25) is 9.59 Å². The van der Waals surface area contributed by atoms with Gasteiger partial charge in [0.05, 0.1) is 13.2 Å². The minimum Gasteiger partial charge on any atom is -0.375 e. The fourth-order valence-corrected chi connectivity index (χ4v) is 4.46. The van der Waals surface area contributed by atoms with E-state index in [2.05, 4.69) is 23.2 Å². The second-order valence-corrected chi connectivity index (χ2v) is 10.4. The lowest BCUT2D eigenvalue weighted by Crippen LogP contribution is -2.25. The lowest BCUT2D eigenvalue weighted by atomic mass is 9.95. The van der Waals surface area contributed by atoms with E-state index in [1.165, 1.54) is 12.8 Å². The Morgan fingerprint density at radius 1 is 1.09 bits per heavy atom. The van der Waals surface area contributed by atoms with Crippen LogP contribution in [0.2, 0.25) is 0 Å². The first-order chi connectivity index (χ1) is 16.9. The van der Waals surface area contributed by atoms with Gasteiger partial charge in [0.25, 0.3) is 11.5 Å². The molecule has 0 bridgehead atoms. The Hall–Kier alpha value is -2.96. The quantitative estimate of drug-likeness (QED) is 0.445. The lowest BCUT2D eigenvalue weighted by Gasteiger charge is -2.16. The highest BCUT2D eigenvalue weighted by molar-refractivity contribution is 5.97. The SMILES string of the molecule is Cc1ccc(C(=O)NC2CC2)cc1-c1ccc2c(=O)n(CC3CC3)cc(COCCN(C)C)c2c1. The molecule has 35 heavy (non-hydrogen) atoms. The third-order valence-corrected chi connectivity index (χ3v) is 6.98. The van der Waals surface area contributed by atoms with Crippen molar-refractivity contribution >= 4 is 16.7 Å². The van der Waals surface area contributed by atoms with Crippen LogP contribution in [-0.4, -0.2) is 48.7 Å². The molecule has 2 fully saturated rings. The number of fused-ring (bicyclic) bond motifs is 1. The van der Waals surface area contributed by atoms with Gasteiger partial charge in [-0.05, 0) is 99.0 Å². The van der Waals surface area contributed by atoms with E-state index in [0.29, 0.717) is 30.7 Å². The molecular formula is C29H35N3O3. The molecule has 2 aliphatic rings. The second kappa shape index (κ2) is 9.96. The van der Waals surface area contributed by atoms with E-state index >= 15 is 0 Å². The maximum atomic E-state index is 13.3. The molecule has 1 aromatic heterocycles. The number of nitrogens with zero attached hydrogens (tertiary/aromatic N) is 2. The zero-order valence-electron chi connectivity index (χ0n) is 21.0. The zero-order valence-corrected chi connectivity index (χ0v) is 21.0. The minimum atomic E-state index is -0.0208. The molecule has 184 valence electrons. The number of likely N-dealkylation sites (N-methyl/N-ethyl adjacent to an activating group) is 1. The van der Waals surface area contributed by atoms with Crippen LogP contribution < -0.4 is 10.9 Å². The maximum Gasteiger partial charge on any atom is 0.258 e. The normalized spacial score (nSPS) is 15.7. The van der Waals surface area contributed by atoms with Gasteiger partial charge < -0.3 is 19.5 Å². The van der Waals surface area contributed by atoms with Crippen molar-refractivity contribution in [2.75, 3.05) is 27.2 Å². The molecule has 2 saturated carbocycles. The van der Waals surface area contributed by atoms with Gasteiger partial charge in [-0.15, -0.1) is 0 Å². The van der Waals surface area contributed by atoms with Crippen LogP contribution in [0.1, 0.15) is 47.2 Å². The molecule has 2 aromatic carbocycles. The van der Waals surface area contributed by atoms with Crippen molar-refractivity contribution in [3.63, 3.8) is 0 Å². The number of aromatic nitrogens is 1. The van der Waals surface area contributed by atoms with Gasteiger partial charge in [0.1, 0.15) is 0 Å². The van der Waals surface area contributed by atoms with Gasteiger partial charge >= 0.3 is 0 Å². The zero-order chi connectivity index (χ0) is 24.5. The molecule has 5 rings (SSSR count). The van der Waals surface area contributed by atoms with Crippen molar-refractivity contribution in [3.05, 3.63) is 69.6 Å². The summed E-state index contributed by atoms with van der Waals surface area (Å²) in [7, 11) is 4.06. The Morgan fingerprint density at radius 3 is 2.60 bits per heavy atom. The van der Waals surface area contributed by atoms with Gasteiger partial charge in [-0.1, -0.05) is 12.1 Å². The highest BCUT2D eigenvalue weighted by Gasteiger charge is 2.25. The predicted octanol–water partition coefficient (Wildman–Crippen LogP) is 4.36. The standard InChI is InChI=1S/C29H35N3O3/c1-19-4-7-22(28(33)30-24-9-10-24)15-26(19)21-8-11-25-27(14-21)23(18-35-13-12-31(2)3)17-32(29(25)34)16-20-5-6-20/h4,7-8,11,14-15,17,20,24H,5-6,9-10,12-13,16,18H2,1-3H3,(H,30,33). The summed E-state index contributed by atoms with van der Waals surface area (Å²) >= 11 is 0. The Morgan fingerprint density at radius 2 is 1.89 bits per heavy atom. The number of ether oxygens (including phenoxy) is 1. The smallest absolute Gasteiger partial charge is 0.258 e. The van der Waals surface area contributed by atoms with Crippen molar-refractivity contribution in [1.29, 1.82) is 0 Å². The van der Waals surface area contributed by atoms with Crippen molar-refractivity contribution in [2.24, 2.45) is 5.92 Å². The number of benzene rings is 2. The number of hydrogen-bond acceptors (Lipinski definition) is 4. The summed E-state index contributed by atoms with van der Waals surface area (Å²) in [4.78, 5) is 28.0. The monoisotopic (exact) mass is 473 g/mol. The third-order valence-electron chi connectivity index (χ3n) is 6.98. The van der Waals surface area contributed by atoms with Crippen LogP contribution in [0.4, 0.5) is 0 Å². The van der Waals surface area contributed by atoms with Crippen LogP contribution in [0.25, 0.3) is 21.9 Å². The first kappa shape index (κ1) is 23.8. The van der Waals surface area contributed by atoms with Crippen LogP contribution in [-0.2, 0) is 17.9 Å². The first-order valence-corrected chi connectivity index (χ1v) is 12.7. The van der Waals surface area contributed by atoms with Gasteiger partial charge in [0, 0.05) is 41.8 Å². The lowest BCUT2D eigenvalue weighted by molar-refractivity contribution is 0.0951. The molecule has 0 radical (unpaired) electrons. The van der Waals surface area contributed by atoms with Gasteiger partial charge in [-0.25, -0.2) is 0 Å². The van der Waals surface area contributed by atoms with E-state index in [1.54, 1.807) is 0 Å². The Labute approximate surface area is 206 Å². The van der Waals surface area contributed by atoms with Crippen molar-refractivity contribution in [1.82, 2.24) is 14.8 Å². The summed E-state index contributed by atoms with van der Waals surface area (Å²) < 4.78 is 7.88. The molecule has 0 spiro atoms. The summed E-state index contributed by atoms with van der Waals surface area (Å²) in [6.07, 6.45) is 6.51. The molecule has 6 nitrogen and oxygen atoms in total. The Bertz CT molecular complexity index is 1300. The highest BCUT2D eigenvalue weighted by atomic mass is 16.5. The van der Waals surface area contributed by atoms with E-state index in [4.69, 9.17) is 4.74 Å². The van der Waals surface area contributed by atoms with Crippen LogP contribution in [0, 0.1) is 12.8 Å². The molecule has 1 N–H and O–H groups in total. The number of carbonyl (C=O) groups excluding carboxylic acids is 1. The topological polar surface area (TPSA) is 63.6 Å². The number of rotatable bonds is 10. The van der Waals surface area contributed by atoms with Crippen molar-refractivity contribution in [2.45, 2.75) is 51.8 Å². The number of carbonyl (C=O) groups is 1. The molecule has 0 unspecified atom stereocenters. The van der Waals surface area contributed by atoms with E-state index < -0.39 is 0 Å². The predicted molar refractivity (Wildman–Crippen MR) is 140 cm³/mol. The Kier molecular flexibility index (Phi) is 6.76. The van der Waals surface area contributed by atoms with E-state index in [-0.39, 0.29) is 11.5 Å². The molecule has 0 aliphatic heterocycles. The van der Waals surface area contributed by atoms with Gasteiger partial charge in [0.2, 0.25) is 0 Å². The first-order valence-electron chi connectivity index (χ1n) is 12.7. The molecule has 1 heterocycles. The highest BCUT2D eigenvalue weighted by Crippen LogP contribution is 2.32. The summed E-state index contributed by atoms with van der Waals surface area (Å²) in [6, 6.07) is 12.2. The average Bonchev–Trinajstić information content (AvgIpc) is 3.76. The van der Waals surface area contributed by atoms with E-state index in [0.717, 1.165) is 59.0 Å². The fraction of sp³-hybridized carbons (Fsp3) is 0.448. The molecule has 0 saturated heterocycles. The summed E-state index contributed by atoms with van der Waals surface area (Å²) in [5.41, 5.74) is 4.87. The minimum absolute atomic E-state index is 0.0208. The summed E-state index contributed by atoms with van der Waals surface area (Å²) in [5, 5.41) is 4.73. The molecule has 3 aromatic rings. The van der Waals surface area contributed by atoms with Gasteiger partial charge in [0.15, 0.2) is 0 Å². The summed E-state index contributed by atoms with van der Waals surface area (Å²) in [5.74, 6) is 0.589. The molecule has 6 heteroatoms. The van der Waals surface area contributed by atoms with Crippen LogP contribution in [0.15, 0.2) is 47.4 Å². The van der Waals surface area contributed by atoms with Crippen LogP contribution in [0.5, 0.6) is 0 Å². The van der Waals surface area contributed by atoms with Crippen molar-refractivity contribution in [3.8, 4) is 11.1 Å². The average molecular weight is 474 g/mol. The number of aryl methyl sites for hydroxylation is 1. The maximum absolute atomic E-state index is 13.3. The summed E-state index contributed by atoms with van der Waals surface area (Å²) in [6.45, 7) is 4.77. The molecule has 2 aliphatic carbocycles. The fourth-order valence-electron chi connectivity index (χ4n) is 4.46. The van der Waals surface area contributed by atoms with E-state index in [9.17, 15) is 9.59 Å². The van der Waals surface area contributed by atoms with Crippen LogP contribution in [0.3, 0.4) is 0 Å². The van der Waals surface area contributed by atoms with Crippen molar-refractivity contribution < 1.29 is 9.53 Å².